The molecule has 0 amide bonds. The van der Waals surface area contributed by atoms with Gasteiger partial charge >= 0.3 is 0 Å². The molecule has 3 aliphatic rings. The van der Waals surface area contributed by atoms with Gasteiger partial charge in [-0.2, -0.15) is 0 Å². The number of hydrogen-bond donors (Lipinski definition) is 2. The van der Waals surface area contributed by atoms with Gasteiger partial charge in [0.25, 0.3) is 0 Å². The molecule has 1 heterocycles. The summed E-state index contributed by atoms with van der Waals surface area (Å²) in [6.45, 7) is 4.42. The van der Waals surface area contributed by atoms with Crippen LogP contribution in [0.3, 0.4) is 0 Å². The maximum absolute atomic E-state index is 6.11. The highest BCUT2D eigenvalue weighted by molar-refractivity contribution is 14.0. The summed E-state index contributed by atoms with van der Waals surface area (Å²) in [5, 5.41) is 7.21. The van der Waals surface area contributed by atoms with Crippen LogP contribution in [0.1, 0.15) is 44.6 Å². The summed E-state index contributed by atoms with van der Waals surface area (Å²) in [7, 11) is 3.35. The zero-order valence-corrected chi connectivity index (χ0v) is 20.0. The molecule has 4 rings (SSSR count). The van der Waals surface area contributed by atoms with Crippen LogP contribution in [0, 0.1) is 11.3 Å². The highest BCUT2D eigenvalue weighted by Gasteiger charge is 2.65. The predicted octanol–water partition coefficient (Wildman–Crippen LogP) is 3.72. The third-order valence-electron chi connectivity index (χ3n) is 6.82. The predicted molar refractivity (Wildman–Crippen MR) is 125 cm³/mol. The average Bonchev–Trinajstić information content (AvgIpc) is 3.38. The molecule has 2 N–H and O–H groups in total. The lowest BCUT2D eigenvalue weighted by molar-refractivity contribution is -0.125. The van der Waals surface area contributed by atoms with Crippen molar-refractivity contribution < 1.29 is 14.2 Å². The Labute approximate surface area is 191 Å². The van der Waals surface area contributed by atoms with Crippen LogP contribution in [-0.4, -0.2) is 45.5 Å². The Morgan fingerprint density at radius 1 is 1.24 bits per heavy atom. The van der Waals surface area contributed by atoms with Crippen molar-refractivity contribution in [2.45, 2.75) is 57.7 Å². The molecule has 1 aromatic carbocycles. The van der Waals surface area contributed by atoms with Gasteiger partial charge in [0.1, 0.15) is 11.5 Å². The van der Waals surface area contributed by atoms with Crippen molar-refractivity contribution in [1.29, 1.82) is 0 Å². The molecule has 1 aromatic rings. The summed E-state index contributed by atoms with van der Waals surface area (Å²) in [6.07, 6.45) is 6.81. The Bertz CT molecular complexity index is 721. The third-order valence-corrected chi connectivity index (χ3v) is 6.82. The normalized spacial score (nSPS) is 27.0. The van der Waals surface area contributed by atoms with Crippen LogP contribution in [0.5, 0.6) is 11.5 Å². The number of nitrogens with one attached hydrogen (secondary N) is 2. The van der Waals surface area contributed by atoms with Crippen LogP contribution >= 0.6 is 24.0 Å². The third kappa shape index (κ3) is 4.17. The Balaban J connectivity index is 0.00000240. The first kappa shape index (κ1) is 22.5. The smallest absolute Gasteiger partial charge is 0.191 e. The van der Waals surface area contributed by atoms with E-state index in [1.165, 1.54) is 25.7 Å². The molecule has 3 atom stereocenters. The Morgan fingerprint density at radius 2 is 2.03 bits per heavy atom. The van der Waals surface area contributed by atoms with Crippen molar-refractivity contribution in [2.24, 2.45) is 16.3 Å². The molecule has 0 aromatic heterocycles. The van der Waals surface area contributed by atoms with Crippen molar-refractivity contribution in [1.82, 2.24) is 10.6 Å². The fourth-order valence-electron chi connectivity index (χ4n) is 5.52. The van der Waals surface area contributed by atoms with Crippen molar-refractivity contribution >= 4 is 29.9 Å². The number of guanidine groups is 1. The highest BCUT2D eigenvalue weighted by atomic mass is 127. The topological polar surface area (TPSA) is 64.1 Å². The first-order chi connectivity index (χ1) is 13.7. The molecular formula is C22H34IN3O3. The van der Waals surface area contributed by atoms with Crippen LogP contribution < -0.4 is 20.1 Å². The summed E-state index contributed by atoms with van der Waals surface area (Å²) in [6, 6.07) is 6.35. The maximum Gasteiger partial charge on any atom is 0.191 e. The second kappa shape index (κ2) is 9.73. The van der Waals surface area contributed by atoms with Gasteiger partial charge in [0.15, 0.2) is 5.96 Å². The molecular weight excluding hydrogens is 481 g/mol. The zero-order valence-electron chi connectivity index (χ0n) is 17.7. The monoisotopic (exact) mass is 515 g/mol. The van der Waals surface area contributed by atoms with Crippen LogP contribution in [0.4, 0.5) is 0 Å². The number of ether oxygens (including phenoxy) is 3. The average molecular weight is 515 g/mol. The fourth-order valence-corrected chi connectivity index (χ4v) is 5.52. The number of hydrogen-bond acceptors (Lipinski definition) is 4. The molecule has 162 valence electrons. The van der Waals surface area contributed by atoms with Gasteiger partial charge in [-0.1, -0.05) is 12.8 Å². The maximum atomic E-state index is 6.11. The molecule has 6 nitrogen and oxygen atoms in total. The second-order valence-corrected chi connectivity index (χ2v) is 8.18. The van der Waals surface area contributed by atoms with E-state index in [1.54, 1.807) is 14.2 Å². The minimum atomic E-state index is 0. The van der Waals surface area contributed by atoms with Crippen LogP contribution in [0.2, 0.25) is 0 Å². The number of fused-ring (bicyclic) bond motifs is 2. The lowest BCUT2D eigenvalue weighted by Crippen LogP contribution is -2.69. The van der Waals surface area contributed by atoms with Gasteiger partial charge in [-0.3, -0.25) is 0 Å². The second-order valence-electron chi connectivity index (χ2n) is 8.18. The molecule has 0 radical (unpaired) electrons. The number of halogens is 1. The highest BCUT2D eigenvalue weighted by Crippen LogP contribution is 2.60. The molecule has 3 fully saturated rings. The molecule has 2 saturated carbocycles. The van der Waals surface area contributed by atoms with Gasteiger partial charge < -0.3 is 24.8 Å². The number of rotatable bonds is 6. The number of nitrogens with zero attached hydrogens (tertiary/aromatic N) is 1. The van der Waals surface area contributed by atoms with Gasteiger partial charge in [-0.25, -0.2) is 4.99 Å². The summed E-state index contributed by atoms with van der Waals surface area (Å²) >= 11 is 0. The van der Waals surface area contributed by atoms with Crippen LogP contribution in [0.15, 0.2) is 23.2 Å². The molecule has 3 unspecified atom stereocenters. The molecule has 2 aliphatic carbocycles. The summed E-state index contributed by atoms with van der Waals surface area (Å²) in [5.74, 6) is 3.11. The van der Waals surface area contributed by atoms with E-state index in [1.807, 2.05) is 18.2 Å². The summed E-state index contributed by atoms with van der Waals surface area (Å²) < 4.78 is 16.9. The lowest BCUT2D eigenvalue weighted by atomic mass is 9.54. The van der Waals surface area contributed by atoms with Crippen molar-refractivity contribution in [3.63, 3.8) is 0 Å². The molecule has 7 heteroatoms. The summed E-state index contributed by atoms with van der Waals surface area (Å²) in [5.41, 5.74) is 1.36. The largest absolute Gasteiger partial charge is 0.497 e. The first-order valence-electron chi connectivity index (χ1n) is 10.6. The zero-order chi connectivity index (χ0) is 19.6. The van der Waals surface area contributed by atoms with Gasteiger partial charge in [0.05, 0.1) is 26.9 Å². The van der Waals surface area contributed by atoms with E-state index in [4.69, 9.17) is 19.2 Å². The molecule has 29 heavy (non-hydrogen) atoms. The van der Waals surface area contributed by atoms with Crippen molar-refractivity contribution in [2.75, 3.05) is 27.4 Å². The molecule has 0 bridgehead atoms. The Kier molecular flexibility index (Phi) is 7.53. The van der Waals surface area contributed by atoms with Crippen molar-refractivity contribution in [3.05, 3.63) is 23.8 Å². The van der Waals surface area contributed by atoms with E-state index >= 15 is 0 Å². The van der Waals surface area contributed by atoms with Crippen LogP contribution in [0.25, 0.3) is 0 Å². The fraction of sp³-hybridized carbons (Fsp3) is 0.682. The number of methoxy groups -OCH3 is 2. The van der Waals surface area contributed by atoms with E-state index in [2.05, 4.69) is 17.6 Å². The SMILES string of the molecule is CCNC(=NCc1ccc(OC)cc1OC)NC1C2CCOC2C12CCCC2.I. The van der Waals surface area contributed by atoms with E-state index in [-0.39, 0.29) is 24.0 Å². The van der Waals surface area contributed by atoms with Gasteiger partial charge in [-0.05, 0) is 38.3 Å². The van der Waals surface area contributed by atoms with Gasteiger partial charge in [-0.15, -0.1) is 24.0 Å². The number of benzene rings is 1. The van der Waals surface area contributed by atoms with Gasteiger partial charge in [0, 0.05) is 42.2 Å². The van der Waals surface area contributed by atoms with E-state index in [0.717, 1.165) is 42.6 Å². The minimum Gasteiger partial charge on any atom is -0.497 e. The van der Waals surface area contributed by atoms with Crippen LogP contribution in [-0.2, 0) is 11.3 Å². The van der Waals surface area contributed by atoms with Gasteiger partial charge in [0.2, 0.25) is 0 Å². The minimum absolute atomic E-state index is 0. The molecule has 1 saturated heterocycles. The van der Waals surface area contributed by atoms with E-state index in [9.17, 15) is 0 Å². The summed E-state index contributed by atoms with van der Waals surface area (Å²) in [4.78, 5) is 4.87. The number of aliphatic imine (C=N–C) groups is 1. The first-order valence-corrected chi connectivity index (χ1v) is 10.6. The Hall–Kier alpha value is -1.22. The standard InChI is InChI=1S/C22H33N3O3.HI/c1-4-23-21(24-14-15-7-8-16(26-2)13-18(15)27-3)25-19-17-9-12-28-20(17)22(19)10-5-6-11-22;/h7-8,13,17,19-20H,4-6,9-12,14H2,1-3H3,(H2,23,24,25);1H. The molecule has 1 aliphatic heterocycles. The Morgan fingerprint density at radius 3 is 2.72 bits per heavy atom. The lowest BCUT2D eigenvalue weighted by Gasteiger charge is -2.57. The van der Waals surface area contributed by atoms with Crippen molar-refractivity contribution in [3.8, 4) is 11.5 Å². The quantitative estimate of drug-likeness (QED) is 0.344. The molecule has 1 spiro atoms. The van der Waals surface area contributed by atoms with E-state index in [0.29, 0.717) is 30.0 Å². The van der Waals surface area contributed by atoms with E-state index < -0.39 is 0 Å².